The van der Waals surface area contributed by atoms with Crippen molar-refractivity contribution in [3.63, 3.8) is 0 Å². The van der Waals surface area contributed by atoms with Gasteiger partial charge in [0.15, 0.2) is 0 Å². The van der Waals surface area contributed by atoms with Gasteiger partial charge < -0.3 is 9.84 Å². The molecule has 1 N–H and O–H groups in total. The largest absolute Gasteiger partial charge is 0.481 e. The van der Waals surface area contributed by atoms with Gasteiger partial charge in [0.2, 0.25) is 0 Å². The lowest BCUT2D eigenvalue weighted by Gasteiger charge is -2.16. The van der Waals surface area contributed by atoms with Crippen LogP contribution in [-0.2, 0) is 14.3 Å². The smallest absolute Gasteiger partial charge is 0.306 e. The molecule has 0 aromatic rings. The molecule has 0 bridgehead atoms. The molecule has 44 heavy (non-hydrogen) atoms. The van der Waals surface area contributed by atoms with Crippen molar-refractivity contribution < 1.29 is 19.4 Å². The normalized spacial score (nSPS) is 13.1. The Labute approximate surface area is 271 Å². The molecule has 4 nitrogen and oxygen atoms in total. The molecule has 250 valence electrons. The molecule has 4 heteroatoms. The van der Waals surface area contributed by atoms with Crippen LogP contribution in [0.4, 0.5) is 0 Å². The molecule has 0 fully saturated rings. The summed E-state index contributed by atoms with van der Waals surface area (Å²) in [7, 11) is 0. The highest BCUT2D eigenvalue weighted by Gasteiger charge is 2.11. The standard InChI is InChI=1S/C40H66O4/c1-3-5-6-7-8-9-10-11-12-13-14-15-16-17-22-25-28-31-34-37-40(43)44-38(4-2)35-32-29-26-23-20-18-19-21-24-27-30-33-36-39(41)42/h5-6,8-9,11-12,14-15,17,22,28,31,38H,3-4,7,10,13,16,18-21,23-27,29-30,32-37H2,1-2H3,(H,41,42)/b6-5-,9-8-,12-11-,15-14-,22-17-,31-28-. The number of esters is 1. The number of rotatable bonds is 31. The Hall–Kier alpha value is -2.62. The number of allylic oxidation sites excluding steroid dienone is 12. The number of ether oxygens (including phenoxy) is 1. The average Bonchev–Trinajstić information content (AvgIpc) is 3.01. The van der Waals surface area contributed by atoms with E-state index in [0.29, 0.717) is 12.8 Å². The van der Waals surface area contributed by atoms with Gasteiger partial charge in [0.05, 0.1) is 0 Å². The molecule has 1 atom stereocenters. The summed E-state index contributed by atoms with van der Waals surface area (Å²) in [5, 5.41) is 8.65. The Morgan fingerprint density at radius 1 is 0.523 bits per heavy atom. The van der Waals surface area contributed by atoms with E-state index in [2.05, 4.69) is 86.8 Å². The van der Waals surface area contributed by atoms with Crippen molar-refractivity contribution >= 4 is 11.9 Å². The third-order valence-electron chi connectivity index (χ3n) is 7.53. The number of carbonyl (C=O) groups is 2. The van der Waals surface area contributed by atoms with Gasteiger partial charge in [0, 0.05) is 12.8 Å². The van der Waals surface area contributed by atoms with Crippen LogP contribution in [0.3, 0.4) is 0 Å². The van der Waals surface area contributed by atoms with Gasteiger partial charge in [-0.05, 0) is 70.6 Å². The van der Waals surface area contributed by atoms with E-state index in [0.717, 1.165) is 77.0 Å². The van der Waals surface area contributed by atoms with Gasteiger partial charge in [0.1, 0.15) is 6.10 Å². The Bertz CT molecular complexity index is 830. The molecule has 0 aromatic heterocycles. The third kappa shape index (κ3) is 33.9. The zero-order chi connectivity index (χ0) is 32.2. The number of carboxylic acids is 1. The Balaban J connectivity index is 3.64. The second-order valence-corrected chi connectivity index (χ2v) is 11.6. The van der Waals surface area contributed by atoms with Crippen LogP contribution < -0.4 is 0 Å². The maximum Gasteiger partial charge on any atom is 0.306 e. The van der Waals surface area contributed by atoms with Crippen molar-refractivity contribution in [3.8, 4) is 0 Å². The van der Waals surface area contributed by atoms with Crippen molar-refractivity contribution in [2.45, 2.75) is 168 Å². The van der Waals surface area contributed by atoms with E-state index in [-0.39, 0.29) is 12.1 Å². The fourth-order valence-electron chi connectivity index (χ4n) is 4.85. The molecule has 0 saturated carbocycles. The summed E-state index contributed by atoms with van der Waals surface area (Å²) in [5.74, 6) is -0.748. The highest BCUT2D eigenvalue weighted by atomic mass is 16.5. The number of unbranched alkanes of at least 4 members (excludes halogenated alkanes) is 11. The van der Waals surface area contributed by atoms with Crippen molar-refractivity contribution in [1.82, 2.24) is 0 Å². The van der Waals surface area contributed by atoms with Gasteiger partial charge in [0.25, 0.3) is 0 Å². The van der Waals surface area contributed by atoms with Gasteiger partial charge in [-0.2, -0.15) is 0 Å². The first-order valence-electron chi connectivity index (χ1n) is 17.9. The van der Waals surface area contributed by atoms with Crippen molar-refractivity contribution in [1.29, 1.82) is 0 Å². The molecule has 1 unspecified atom stereocenters. The van der Waals surface area contributed by atoms with Gasteiger partial charge in [-0.1, -0.05) is 151 Å². The van der Waals surface area contributed by atoms with Gasteiger partial charge in [-0.15, -0.1) is 0 Å². The SMILES string of the molecule is CC/C=C\C/C=C\C/C=C\C/C=C\C/C=C\C/C=C\CCC(=O)OC(CC)CCCCCCCCCCCCCCC(=O)O. The van der Waals surface area contributed by atoms with E-state index >= 15 is 0 Å². The molecule has 0 aliphatic rings. The maximum absolute atomic E-state index is 12.2. The van der Waals surface area contributed by atoms with Crippen LogP contribution in [0, 0.1) is 0 Å². The average molecular weight is 611 g/mol. The Kier molecular flexibility index (Phi) is 32.8. The number of carbonyl (C=O) groups excluding carboxylic acids is 1. The second kappa shape index (κ2) is 34.9. The fourth-order valence-corrected chi connectivity index (χ4v) is 4.85. The number of hydrogen-bond acceptors (Lipinski definition) is 3. The summed E-state index contributed by atoms with van der Waals surface area (Å²) >= 11 is 0. The van der Waals surface area contributed by atoms with E-state index in [1.807, 2.05) is 0 Å². The number of hydrogen-bond donors (Lipinski definition) is 1. The minimum absolute atomic E-state index is 0.0586. The minimum Gasteiger partial charge on any atom is -0.481 e. The monoisotopic (exact) mass is 610 g/mol. The van der Waals surface area contributed by atoms with Crippen LogP contribution in [0.15, 0.2) is 72.9 Å². The summed E-state index contributed by atoms with van der Waals surface area (Å²) in [6, 6.07) is 0. The van der Waals surface area contributed by atoms with E-state index in [4.69, 9.17) is 9.84 Å². The van der Waals surface area contributed by atoms with Crippen molar-refractivity contribution in [3.05, 3.63) is 72.9 Å². The molecule has 0 aromatic carbocycles. The van der Waals surface area contributed by atoms with Crippen LogP contribution in [0.25, 0.3) is 0 Å². The van der Waals surface area contributed by atoms with E-state index in [1.54, 1.807) is 0 Å². The fraction of sp³-hybridized carbons (Fsp3) is 0.650. The van der Waals surface area contributed by atoms with Gasteiger partial charge in [-0.25, -0.2) is 0 Å². The molecule has 0 amide bonds. The molecule has 0 saturated heterocycles. The van der Waals surface area contributed by atoms with E-state index in [1.165, 1.54) is 57.8 Å². The van der Waals surface area contributed by atoms with E-state index < -0.39 is 5.97 Å². The molecule has 0 aliphatic carbocycles. The lowest BCUT2D eigenvalue weighted by molar-refractivity contribution is -0.149. The third-order valence-corrected chi connectivity index (χ3v) is 7.53. The van der Waals surface area contributed by atoms with Gasteiger partial charge >= 0.3 is 11.9 Å². The quantitative estimate of drug-likeness (QED) is 0.0482. The molecule has 0 spiro atoms. The van der Waals surface area contributed by atoms with Crippen LogP contribution in [0.1, 0.15) is 162 Å². The lowest BCUT2D eigenvalue weighted by Crippen LogP contribution is -2.17. The minimum atomic E-state index is -0.677. The molecular formula is C40H66O4. The highest BCUT2D eigenvalue weighted by molar-refractivity contribution is 5.69. The van der Waals surface area contributed by atoms with E-state index in [9.17, 15) is 9.59 Å². The summed E-state index contributed by atoms with van der Waals surface area (Å²) in [6.45, 7) is 4.26. The first-order valence-corrected chi connectivity index (χ1v) is 17.9. The first kappa shape index (κ1) is 41.4. The summed E-state index contributed by atoms with van der Waals surface area (Å²) in [5.41, 5.74) is 0. The number of carboxylic acid groups (broad SMARTS) is 1. The summed E-state index contributed by atoms with van der Waals surface area (Å²) in [6.07, 6.45) is 50.0. The van der Waals surface area contributed by atoms with Crippen LogP contribution >= 0.6 is 0 Å². The lowest BCUT2D eigenvalue weighted by atomic mass is 10.0. The zero-order valence-electron chi connectivity index (χ0n) is 28.4. The highest BCUT2D eigenvalue weighted by Crippen LogP contribution is 2.15. The summed E-state index contributed by atoms with van der Waals surface area (Å²) < 4.78 is 5.72. The van der Waals surface area contributed by atoms with Crippen molar-refractivity contribution in [2.24, 2.45) is 0 Å². The van der Waals surface area contributed by atoms with Crippen LogP contribution in [0.2, 0.25) is 0 Å². The van der Waals surface area contributed by atoms with Gasteiger partial charge in [-0.3, -0.25) is 9.59 Å². The molecule has 0 aliphatic heterocycles. The van der Waals surface area contributed by atoms with Crippen molar-refractivity contribution in [2.75, 3.05) is 0 Å². The summed E-state index contributed by atoms with van der Waals surface area (Å²) in [4.78, 5) is 22.7. The maximum atomic E-state index is 12.2. The van der Waals surface area contributed by atoms with Crippen LogP contribution in [-0.4, -0.2) is 23.1 Å². The predicted octanol–water partition coefficient (Wildman–Crippen LogP) is 12.3. The van der Waals surface area contributed by atoms with Crippen LogP contribution in [0.5, 0.6) is 0 Å². The second-order valence-electron chi connectivity index (χ2n) is 11.6. The zero-order valence-corrected chi connectivity index (χ0v) is 28.4. The molecular weight excluding hydrogens is 544 g/mol. The Morgan fingerprint density at radius 3 is 1.32 bits per heavy atom. The molecule has 0 rings (SSSR count). The Morgan fingerprint density at radius 2 is 0.909 bits per heavy atom. The number of aliphatic carboxylic acids is 1. The molecule has 0 heterocycles. The topological polar surface area (TPSA) is 63.6 Å². The molecule has 0 radical (unpaired) electrons. The first-order chi connectivity index (χ1) is 21.6. The predicted molar refractivity (Wildman–Crippen MR) is 190 cm³/mol.